The van der Waals surface area contributed by atoms with Crippen LogP contribution < -0.4 is 4.90 Å². The molecule has 4 heteroatoms. The van der Waals surface area contributed by atoms with Gasteiger partial charge in [0.2, 0.25) is 0 Å². The second-order valence-electron chi connectivity index (χ2n) is 4.85. The smallest absolute Gasteiger partial charge is 0.270 e. The molecule has 0 aliphatic carbocycles. The molecule has 0 saturated heterocycles. The zero-order valence-corrected chi connectivity index (χ0v) is 12.5. The van der Waals surface area contributed by atoms with E-state index in [1.165, 1.54) is 16.9 Å². The van der Waals surface area contributed by atoms with E-state index in [-0.39, 0.29) is 11.9 Å². The average molecular weight is 274 g/mol. The van der Waals surface area contributed by atoms with Gasteiger partial charge >= 0.3 is 0 Å². The molecule has 0 unspecified atom stereocenters. The Bertz CT molecular complexity index is 572. The summed E-state index contributed by atoms with van der Waals surface area (Å²) < 4.78 is 0. The molecule has 2 aromatic rings. The van der Waals surface area contributed by atoms with E-state index in [4.69, 9.17) is 0 Å². The molecule has 1 aromatic heterocycles. The maximum atomic E-state index is 12.6. The second kappa shape index (κ2) is 5.53. The molecule has 0 bridgehead atoms. The van der Waals surface area contributed by atoms with Crippen molar-refractivity contribution in [1.29, 1.82) is 0 Å². The van der Waals surface area contributed by atoms with Gasteiger partial charge in [0, 0.05) is 11.7 Å². The zero-order chi connectivity index (χ0) is 14.0. The molecule has 0 atom stereocenters. The number of thiazole rings is 1. The average Bonchev–Trinajstić information content (AvgIpc) is 2.78. The fourth-order valence-electron chi connectivity index (χ4n) is 1.93. The van der Waals surface area contributed by atoms with Crippen molar-refractivity contribution in [3.63, 3.8) is 0 Å². The van der Waals surface area contributed by atoms with Crippen LogP contribution in [-0.4, -0.2) is 16.9 Å². The molecular formula is C15H18N2OS. The highest BCUT2D eigenvalue weighted by atomic mass is 32.1. The van der Waals surface area contributed by atoms with Gasteiger partial charge in [-0.2, -0.15) is 0 Å². The standard InChI is InChI=1S/C15H18N2OS/c1-10(2)17(13-7-5-11(3)6-8-13)15(18)14-9-16-12(4)19-14/h5-10H,1-4H3. The van der Waals surface area contributed by atoms with Gasteiger partial charge in [-0.3, -0.25) is 4.79 Å². The highest BCUT2D eigenvalue weighted by molar-refractivity contribution is 7.13. The number of carbonyl (C=O) groups excluding carboxylic acids is 1. The number of anilines is 1. The van der Waals surface area contributed by atoms with Gasteiger partial charge < -0.3 is 4.90 Å². The van der Waals surface area contributed by atoms with Gasteiger partial charge in [0.05, 0.1) is 11.2 Å². The van der Waals surface area contributed by atoms with Gasteiger partial charge in [-0.25, -0.2) is 4.98 Å². The summed E-state index contributed by atoms with van der Waals surface area (Å²) in [6.45, 7) is 7.99. The number of aromatic nitrogens is 1. The molecule has 0 radical (unpaired) electrons. The van der Waals surface area contributed by atoms with Crippen LogP contribution in [-0.2, 0) is 0 Å². The molecule has 100 valence electrons. The normalized spacial score (nSPS) is 10.8. The lowest BCUT2D eigenvalue weighted by Gasteiger charge is -2.26. The van der Waals surface area contributed by atoms with Crippen molar-refractivity contribution in [2.45, 2.75) is 33.7 Å². The SMILES string of the molecule is Cc1ccc(N(C(=O)c2cnc(C)s2)C(C)C)cc1. The van der Waals surface area contributed by atoms with E-state index in [0.29, 0.717) is 4.88 Å². The number of hydrogen-bond donors (Lipinski definition) is 0. The first-order valence-electron chi connectivity index (χ1n) is 6.31. The maximum absolute atomic E-state index is 12.6. The fraction of sp³-hybridized carbons (Fsp3) is 0.333. The number of carbonyl (C=O) groups is 1. The predicted molar refractivity (Wildman–Crippen MR) is 80.0 cm³/mol. The van der Waals surface area contributed by atoms with Crippen molar-refractivity contribution in [2.75, 3.05) is 4.90 Å². The van der Waals surface area contributed by atoms with Gasteiger partial charge in [0.1, 0.15) is 4.88 Å². The zero-order valence-electron chi connectivity index (χ0n) is 11.7. The third kappa shape index (κ3) is 3.01. The molecule has 0 aliphatic rings. The molecule has 19 heavy (non-hydrogen) atoms. The second-order valence-corrected chi connectivity index (χ2v) is 6.08. The van der Waals surface area contributed by atoms with Gasteiger partial charge in [0.25, 0.3) is 5.91 Å². The Kier molecular flexibility index (Phi) is 4.00. The number of aryl methyl sites for hydroxylation is 2. The quantitative estimate of drug-likeness (QED) is 0.852. The lowest BCUT2D eigenvalue weighted by Crippen LogP contribution is -2.36. The Morgan fingerprint density at radius 2 is 1.84 bits per heavy atom. The Balaban J connectivity index is 2.35. The minimum atomic E-state index is 0.0180. The van der Waals surface area contributed by atoms with Gasteiger partial charge in [-0.1, -0.05) is 17.7 Å². The van der Waals surface area contributed by atoms with Crippen molar-refractivity contribution in [1.82, 2.24) is 4.98 Å². The molecular weight excluding hydrogens is 256 g/mol. The number of benzene rings is 1. The molecule has 1 amide bonds. The topological polar surface area (TPSA) is 33.2 Å². The summed E-state index contributed by atoms with van der Waals surface area (Å²) >= 11 is 1.44. The van der Waals surface area contributed by atoms with E-state index in [9.17, 15) is 4.79 Å². The highest BCUT2D eigenvalue weighted by Crippen LogP contribution is 2.23. The molecule has 0 fully saturated rings. The maximum Gasteiger partial charge on any atom is 0.270 e. The summed E-state index contributed by atoms with van der Waals surface area (Å²) in [6, 6.07) is 8.13. The number of nitrogens with zero attached hydrogens (tertiary/aromatic N) is 2. The lowest BCUT2D eigenvalue weighted by atomic mass is 10.2. The summed E-state index contributed by atoms with van der Waals surface area (Å²) in [5.74, 6) is 0.0180. The summed E-state index contributed by atoms with van der Waals surface area (Å²) in [5.41, 5.74) is 2.12. The number of amides is 1. The van der Waals surface area contributed by atoms with Crippen LogP contribution in [0.4, 0.5) is 5.69 Å². The molecule has 1 heterocycles. The largest absolute Gasteiger partial charge is 0.305 e. The van der Waals surface area contributed by atoms with Gasteiger partial charge in [-0.15, -0.1) is 11.3 Å². The summed E-state index contributed by atoms with van der Waals surface area (Å²) in [7, 11) is 0. The third-order valence-corrected chi connectivity index (χ3v) is 3.78. The van der Waals surface area contributed by atoms with Crippen LogP contribution in [0.1, 0.15) is 34.1 Å². The number of rotatable bonds is 3. The minimum Gasteiger partial charge on any atom is -0.305 e. The summed E-state index contributed by atoms with van der Waals surface area (Å²) in [4.78, 5) is 19.2. The van der Waals surface area contributed by atoms with Crippen LogP contribution in [0.5, 0.6) is 0 Å². The van der Waals surface area contributed by atoms with Gasteiger partial charge in [-0.05, 0) is 39.8 Å². The van der Waals surface area contributed by atoms with Crippen LogP contribution in [0.3, 0.4) is 0 Å². The Morgan fingerprint density at radius 1 is 1.21 bits per heavy atom. The highest BCUT2D eigenvalue weighted by Gasteiger charge is 2.22. The molecule has 0 saturated carbocycles. The molecule has 0 spiro atoms. The Hall–Kier alpha value is -1.68. The molecule has 2 rings (SSSR count). The van der Waals surface area contributed by atoms with Crippen molar-refractivity contribution >= 4 is 22.9 Å². The molecule has 1 aromatic carbocycles. The van der Waals surface area contributed by atoms with E-state index < -0.39 is 0 Å². The van der Waals surface area contributed by atoms with Crippen molar-refractivity contribution in [2.24, 2.45) is 0 Å². The van der Waals surface area contributed by atoms with Crippen LogP contribution in [0, 0.1) is 13.8 Å². The summed E-state index contributed by atoms with van der Waals surface area (Å²) in [6.07, 6.45) is 1.66. The molecule has 0 aliphatic heterocycles. The monoisotopic (exact) mass is 274 g/mol. The van der Waals surface area contributed by atoms with Crippen molar-refractivity contribution in [3.05, 3.63) is 45.9 Å². The summed E-state index contributed by atoms with van der Waals surface area (Å²) in [5, 5.41) is 0.913. The van der Waals surface area contributed by atoms with Crippen LogP contribution >= 0.6 is 11.3 Å². The van der Waals surface area contributed by atoms with Gasteiger partial charge in [0.15, 0.2) is 0 Å². The van der Waals surface area contributed by atoms with Crippen LogP contribution in [0.15, 0.2) is 30.5 Å². The van der Waals surface area contributed by atoms with Crippen LogP contribution in [0.2, 0.25) is 0 Å². The van der Waals surface area contributed by atoms with E-state index in [1.54, 1.807) is 6.20 Å². The van der Waals surface area contributed by atoms with Crippen molar-refractivity contribution < 1.29 is 4.79 Å². The fourth-order valence-corrected chi connectivity index (χ4v) is 2.65. The Labute approximate surface area is 117 Å². The third-order valence-electron chi connectivity index (χ3n) is 2.88. The minimum absolute atomic E-state index is 0.0180. The predicted octanol–water partition coefficient (Wildman–Crippen LogP) is 3.82. The lowest BCUT2D eigenvalue weighted by molar-refractivity contribution is 0.0984. The first-order chi connectivity index (χ1) is 8.99. The first-order valence-corrected chi connectivity index (χ1v) is 7.13. The van der Waals surface area contributed by atoms with Crippen LogP contribution in [0.25, 0.3) is 0 Å². The molecule has 0 N–H and O–H groups in total. The molecule has 3 nitrogen and oxygen atoms in total. The Morgan fingerprint density at radius 3 is 2.32 bits per heavy atom. The van der Waals surface area contributed by atoms with E-state index in [1.807, 2.05) is 56.9 Å². The first kappa shape index (κ1) is 13.7. The van der Waals surface area contributed by atoms with Crippen molar-refractivity contribution in [3.8, 4) is 0 Å². The van der Waals surface area contributed by atoms with E-state index in [0.717, 1.165) is 10.7 Å². The van der Waals surface area contributed by atoms with E-state index in [2.05, 4.69) is 4.98 Å². The number of hydrogen-bond acceptors (Lipinski definition) is 3. The van der Waals surface area contributed by atoms with E-state index >= 15 is 0 Å².